The molecular formula is C10H12FNS. The quantitative estimate of drug-likeness (QED) is 0.691. The van der Waals surface area contributed by atoms with Gasteiger partial charge < -0.3 is 5.73 Å². The molecule has 0 saturated carbocycles. The maximum Gasteiger partial charge on any atom is 0.123 e. The summed E-state index contributed by atoms with van der Waals surface area (Å²) in [5.41, 5.74) is 8.12. The minimum absolute atomic E-state index is 0.0145. The van der Waals surface area contributed by atoms with E-state index < -0.39 is 0 Å². The van der Waals surface area contributed by atoms with Crippen molar-refractivity contribution in [2.45, 2.75) is 18.2 Å². The number of nitrogens with two attached hydrogens (primary N) is 1. The minimum Gasteiger partial charge on any atom is -0.324 e. The van der Waals surface area contributed by atoms with E-state index >= 15 is 0 Å². The van der Waals surface area contributed by atoms with Crippen LogP contribution in [0.1, 0.15) is 23.6 Å². The highest BCUT2D eigenvalue weighted by molar-refractivity contribution is 7.98. The molecule has 1 atom stereocenters. The largest absolute Gasteiger partial charge is 0.324 e. The molecule has 2 N–H and O–H groups in total. The maximum atomic E-state index is 12.9. The Morgan fingerprint density at radius 3 is 3.15 bits per heavy atom. The van der Waals surface area contributed by atoms with Crippen molar-refractivity contribution in [3.8, 4) is 0 Å². The van der Waals surface area contributed by atoms with Crippen LogP contribution in [0.5, 0.6) is 0 Å². The highest BCUT2D eigenvalue weighted by atomic mass is 32.2. The number of hydrogen-bond acceptors (Lipinski definition) is 2. The molecule has 1 aliphatic heterocycles. The molecular weight excluding hydrogens is 185 g/mol. The summed E-state index contributed by atoms with van der Waals surface area (Å²) in [5, 5.41) is 0. The van der Waals surface area contributed by atoms with E-state index in [4.69, 9.17) is 5.73 Å². The minimum atomic E-state index is -0.180. The van der Waals surface area contributed by atoms with E-state index in [0.717, 1.165) is 23.5 Å². The molecule has 3 heteroatoms. The Bertz CT molecular complexity index is 314. The number of thioether (sulfide) groups is 1. The van der Waals surface area contributed by atoms with Gasteiger partial charge in [0.2, 0.25) is 0 Å². The van der Waals surface area contributed by atoms with Crippen LogP contribution in [0.25, 0.3) is 0 Å². The Morgan fingerprint density at radius 2 is 2.31 bits per heavy atom. The third-order valence-electron chi connectivity index (χ3n) is 2.34. The van der Waals surface area contributed by atoms with Gasteiger partial charge in [0.1, 0.15) is 5.82 Å². The molecule has 1 aromatic carbocycles. The van der Waals surface area contributed by atoms with E-state index in [1.54, 1.807) is 6.07 Å². The predicted octanol–water partition coefficient (Wildman–Crippen LogP) is 2.46. The second kappa shape index (κ2) is 3.68. The molecule has 13 heavy (non-hydrogen) atoms. The van der Waals surface area contributed by atoms with Gasteiger partial charge in [0.15, 0.2) is 0 Å². The molecule has 0 amide bonds. The Hall–Kier alpha value is -0.540. The third-order valence-corrected chi connectivity index (χ3v) is 3.38. The normalized spacial score (nSPS) is 22.2. The molecule has 1 aromatic rings. The lowest BCUT2D eigenvalue weighted by molar-refractivity contribution is 0.616. The van der Waals surface area contributed by atoms with Gasteiger partial charge >= 0.3 is 0 Å². The first-order chi connectivity index (χ1) is 6.27. The number of rotatable bonds is 0. The Balaban J connectivity index is 2.43. The molecule has 1 unspecified atom stereocenters. The summed E-state index contributed by atoms with van der Waals surface area (Å²) in [5.74, 6) is 1.85. The SMILES string of the molecule is NC1CCSCc2ccc(F)cc21. The van der Waals surface area contributed by atoms with Crippen molar-refractivity contribution in [3.05, 3.63) is 35.1 Å². The first-order valence-corrected chi connectivity index (χ1v) is 5.54. The van der Waals surface area contributed by atoms with Crippen molar-refractivity contribution in [1.29, 1.82) is 0 Å². The van der Waals surface area contributed by atoms with Gasteiger partial charge in [-0.05, 0) is 35.4 Å². The Labute approximate surface area is 81.5 Å². The monoisotopic (exact) mass is 197 g/mol. The Morgan fingerprint density at radius 1 is 1.46 bits per heavy atom. The van der Waals surface area contributed by atoms with Crippen LogP contribution in [0.15, 0.2) is 18.2 Å². The molecule has 0 radical (unpaired) electrons. The first-order valence-electron chi connectivity index (χ1n) is 4.39. The van der Waals surface area contributed by atoms with Crippen LogP contribution in [-0.2, 0) is 5.75 Å². The average molecular weight is 197 g/mol. The highest BCUT2D eigenvalue weighted by Crippen LogP contribution is 2.29. The van der Waals surface area contributed by atoms with Crippen LogP contribution in [0, 0.1) is 5.82 Å². The molecule has 1 aliphatic rings. The second-order valence-corrected chi connectivity index (χ2v) is 4.40. The van der Waals surface area contributed by atoms with E-state index in [1.807, 2.05) is 17.8 Å². The molecule has 1 heterocycles. The zero-order chi connectivity index (χ0) is 9.26. The van der Waals surface area contributed by atoms with Crippen molar-refractivity contribution in [1.82, 2.24) is 0 Å². The molecule has 0 aromatic heterocycles. The molecule has 0 fully saturated rings. The molecule has 1 nitrogen and oxygen atoms in total. The van der Waals surface area contributed by atoms with Gasteiger partial charge in [-0.1, -0.05) is 6.07 Å². The fraction of sp³-hybridized carbons (Fsp3) is 0.400. The van der Waals surface area contributed by atoms with Gasteiger partial charge in [-0.2, -0.15) is 11.8 Å². The summed E-state index contributed by atoms with van der Waals surface area (Å²) in [6.45, 7) is 0. The summed E-state index contributed by atoms with van der Waals surface area (Å²) < 4.78 is 12.9. The summed E-state index contributed by atoms with van der Waals surface area (Å²) in [4.78, 5) is 0. The van der Waals surface area contributed by atoms with E-state index in [0.29, 0.717) is 0 Å². The van der Waals surface area contributed by atoms with Crippen molar-refractivity contribution in [2.75, 3.05) is 5.75 Å². The number of fused-ring (bicyclic) bond motifs is 1. The highest BCUT2D eigenvalue weighted by Gasteiger charge is 2.15. The van der Waals surface area contributed by atoms with Crippen molar-refractivity contribution in [2.24, 2.45) is 5.73 Å². The molecule has 70 valence electrons. The molecule has 0 spiro atoms. The average Bonchev–Trinajstić information content (AvgIpc) is 2.29. The Kier molecular flexibility index (Phi) is 2.56. The summed E-state index contributed by atoms with van der Waals surface area (Å²) in [6, 6.07) is 4.95. The summed E-state index contributed by atoms with van der Waals surface area (Å²) in [7, 11) is 0. The van der Waals surface area contributed by atoms with Gasteiger partial charge in [0, 0.05) is 11.8 Å². The van der Waals surface area contributed by atoms with Gasteiger partial charge in [-0.25, -0.2) is 4.39 Å². The number of benzene rings is 1. The summed E-state index contributed by atoms with van der Waals surface area (Å²) >= 11 is 1.87. The van der Waals surface area contributed by atoms with E-state index in [1.165, 1.54) is 11.6 Å². The number of hydrogen-bond donors (Lipinski definition) is 1. The fourth-order valence-corrected chi connectivity index (χ4v) is 2.64. The van der Waals surface area contributed by atoms with Crippen molar-refractivity contribution >= 4 is 11.8 Å². The molecule has 2 rings (SSSR count). The van der Waals surface area contributed by atoms with Crippen LogP contribution >= 0.6 is 11.8 Å². The van der Waals surface area contributed by atoms with Crippen LogP contribution in [-0.4, -0.2) is 5.75 Å². The van der Waals surface area contributed by atoms with Crippen molar-refractivity contribution < 1.29 is 4.39 Å². The van der Waals surface area contributed by atoms with Gasteiger partial charge in [-0.15, -0.1) is 0 Å². The zero-order valence-corrected chi connectivity index (χ0v) is 8.11. The topological polar surface area (TPSA) is 26.0 Å². The number of halogens is 1. The standard InChI is InChI=1S/C10H12FNS/c11-8-2-1-7-6-13-4-3-10(12)9(7)5-8/h1-2,5,10H,3-4,6,12H2. The maximum absolute atomic E-state index is 12.9. The van der Waals surface area contributed by atoms with E-state index in [9.17, 15) is 4.39 Å². The molecule has 0 saturated heterocycles. The van der Waals surface area contributed by atoms with Crippen LogP contribution in [0.3, 0.4) is 0 Å². The smallest absolute Gasteiger partial charge is 0.123 e. The zero-order valence-electron chi connectivity index (χ0n) is 7.29. The predicted molar refractivity (Wildman–Crippen MR) is 54.1 cm³/mol. The first kappa shape index (κ1) is 9.03. The molecule has 0 bridgehead atoms. The van der Waals surface area contributed by atoms with E-state index in [2.05, 4.69) is 0 Å². The van der Waals surface area contributed by atoms with Crippen LogP contribution in [0.4, 0.5) is 4.39 Å². The third kappa shape index (κ3) is 1.86. The van der Waals surface area contributed by atoms with Gasteiger partial charge in [0.05, 0.1) is 0 Å². The summed E-state index contributed by atoms with van der Waals surface area (Å²) in [6.07, 6.45) is 0.946. The lowest BCUT2D eigenvalue weighted by Crippen LogP contribution is -2.11. The lowest BCUT2D eigenvalue weighted by Gasteiger charge is -2.11. The van der Waals surface area contributed by atoms with E-state index in [-0.39, 0.29) is 11.9 Å². The lowest BCUT2D eigenvalue weighted by atomic mass is 10.0. The van der Waals surface area contributed by atoms with Gasteiger partial charge in [0.25, 0.3) is 0 Å². The fourth-order valence-electron chi connectivity index (χ4n) is 1.59. The molecule has 0 aliphatic carbocycles. The van der Waals surface area contributed by atoms with Crippen LogP contribution in [0.2, 0.25) is 0 Å². The van der Waals surface area contributed by atoms with Crippen molar-refractivity contribution in [3.63, 3.8) is 0 Å². The second-order valence-electron chi connectivity index (χ2n) is 3.29. The van der Waals surface area contributed by atoms with Gasteiger partial charge in [-0.3, -0.25) is 0 Å². The van der Waals surface area contributed by atoms with Crippen LogP contribution < -0.4 is 5.73 Å².